The van der Waals surface area contributed by atoms with Gasteiger partial charge in [0, 0.05) is 17.7 Å². The Labute approximate surface area is 119 Å². The van der Waals surface area contributed by atoms with Gasteiger partial charge in [-0.3, -0.25) is 0 Å². The van der Waals surface area contributed by atoms with Crippen molar-refractivity contribution in [1.82, 2.24) is 5.32 Å². The molecule has 0 aromatic heterocycles. The summed E-state index contributed by atoms with van der Waals surface area (Å²) in [5, 5.41) is 3.46. The highest BCUT2D eigenvalue weighted by Crippen LogP contribution is 2.24. The fraction of sp³-hybridized carbons (Fsp3) is 0.600. The highest BCUT2D eigenvalue weighted by molar-refractivity contribution is 7.99. The van der Waals surface area contributed by atoms with Crippen molar-refractivity contribution in [2.24, 2.45) is 5.92 Å². The lowest BCUT2D eigenvalue weighted by Gasteiger charge is -2.24. The Morgan fingerprint density at radius 3 is 2.79 bits per heavy atom. The first-order valence-electron chi connectivity index (χ1n) is 6.85. The Bertz CT molecular complexity index is 407. The molecule has 1 aliphatic rings. The highest BCUT2D eigenvalue weighted by Gasteiger charge is 2.16. The number of methoxy groups -OCH3 is 1. The van der Waals surface area contributed by atoms with Gasteiger partial charge in [-0.25, -0.2) is 4.39 Å². The van der Waals surface area contributed by atoms with Gasteiger partial charge in [0.25, 0.3) is 0 Å². The molecule has 1 N–H and O–H groups in total. The molecule has 0 bridgehead atoms. The maximum atomic E-state index is 13.9. The van der Waals surface area contributed by atoms with Crippen LogP contribution < -0.4 is 10.1 Å². The number of benzene rings is 1. The normalized spacial score (nSPS) is 18.3. The molecule has 0 saturated carbocycles. The molecule has 1 atom stereocenters. The monoisotopic (exact) mass is 283 g/mol. The summed E-state index contributed by atoms with van der Waals surface area (Å²) < 4.78 is 19.0. The van der Waals surface area contributed by atoms with Crippen LogP contribution in [0.5, 0.6) is 5.75 Å². The second-order valence-corrected chi connectivity index (χ2v) is 6.30. The first kappa shape index (κ1) is 14.7. The van der Waals surface area contributed by atoms with Gasteiger partial charge in [0.2, 0.25) is 0 Å². The molecule has 1 fully saturated rings. The van der Waals surface area contributed by atoms with Crippen molar-refractivity contribution in [3.63, 3.8) is 0 Å². The van der Waals surface area contributed by atoms with Gasteiger partial charge in [-0.1, -0.05) is 6.07 Å². The van der Waals surface area contributed by atoms with Crippen molar-refractivity contribution < 1.29 is 9.13 Å². The summed E-state index contributed by atoms with van der Waals surface area (Å²) in [6.07, 6.45) is 2.55. The summed E-state index contributed by atoms with van der Waals surface area (Å²) in [5.41, 5.74) is 0.714. The number of nitrogens with one attached hydrogen (secondary N) is 1. The summed E-state index contributed by atoms with van der Waals surface area (Å²) >= 11 is 2.03. The number of ether oxygens (including phenoxy) is 1. The smallest absolute Gasteiger partial charge is 0.131 e. The fourth-order valence-electron chi connectivity index (χ4n) is 2.39. The van der Waals surface area contributed by atoms with Crippen molar-refractivity contribution >= 4 is 11.8 Å². The number of hydrogen-bond acceptors (Lipinski definition) is 3. The van der Waals surface area contributed by atoms with Crippen LogP contribution in [0.25, 0.3) is 0 Å². The van der Waals surface area contributed by atoms with Crippen LogP contribution in [0.1, 0.15) is 31.4 Å². The lowest BCUT2D eigenvalue weighted by molar-refractivity contribution is 0.403. The van der Waals surface area contributed by atoms with E-state index >= 15 is 0 Å². The van der Waals surface area contributed by atoms with Gasteiger partial charge in [0.05, 0.1) is 7.11 Å². The van der Waals surface area contributed by atoms with Gasteiger partial charge < -0.3 is 10.1 Å². The predicted octanol–water partition coefficient (Wildman–Crippen LogP) is 3.63. The van der Waals surface area contributed by atoms with E-state index in [0.717, 1.165) is 12.5 Å². The molecule has 2 rings (SSSR count). The van der Waals surface area contributed by atoms with E-state index in [2.05, 4.69) is 5.32 Å². The quantitative estimate of drug-likeness (QED) is 0.891. The largest absolute Gasteiger partial charge is 0.497 e. The Morgan fingerprint density at radius 1 is 1.42 bits per heavy atom. The molecule has 1 aromatic carbocycles. The Hall–Kier alpha value is -0.740. The van der Waals surface area contributed by atoms with Gasteiger partial charge in [-0.15, -0.1) is 0 Å². The third-order valence-electron chi connectivity index (χ3n) is 3.73. The molecule has 1 aliphatic heterocycles. The first-order valence-corrected chi connectivity index (χ1v) is 8.00. The second kappa shape index (κ2) is 7.15. The van der Waals surface area contributed by atoms with Gasteiger partial charge in [0.1, 0.15) is 11.6 Å². The van der Waals surface area contributed by atoms with Crippen molar-refractivity contribution in [1.29, 1.82) is 0 Å². The third-order valence-corrected chi connectivity index (χ3v) is 4.78. The topological polar surface area (TPSA) is 21.3 Å². The minimum absolute atomic E-state index is 0.0421. The maximum Gasteiger partial charge on any atom is 0.131 e. The molecule has 1 heterocycles. The van der Waals surface area contributed by atoms with E-state index in [1.54, 1.807) is 7.11 Å². The average molecular weight is 283 g/mol. The molecule has 4 heteroatoms. The minimum atomic E-state index is -0.196. The lowest BCUT2D eigenvalue weighted by atomic mass is 10.0. The summed E-state index contributed by atoms with van der Waals surface area (Å²) in [7, 11) is 1.55. The van der Waals surface area contributed by atoms with Crippen LogP contribution in [-0.2, 0) is 0 Å². The first-order chi connectivity index (χ1) is 9.20. The molecule has 0 aliphatic carbocycles. The van der Waals surface area contributed by atoms with E-state index in [-0.39, 0.29) is 11.9 Å². The molecular weight excluding hydrogens is 261 g/mol. The van der Waals surface area contributed by atoms with Gasteiger partial charge in [0.15, 0.2) is 0 Å². The lowest BCUT2D eigenvalue weighted by Crippen LogP contribution is -2.28. The predicted molar refractivity (Wildman–Crippen MR) is 79.4 cm³/mol. The fourth-order valence-corrected chi connectivity index (χ4v) is 3.59. The highest BCUT2D eigenvalue weighted by atomic mass is 32.2. The zero-order valence-corrected chi connectivity index (χ0v) is 12.4. The van der Waals surface area contributed by atoms with E-state index in [0.29, 0.717) is 11.3 Å². The van der Waals surface area contributed by atoms with Gasteiger partial charge in [-0.2, -0.15) is 11.8 Å². The average Bonchev–Trinajstić information content (AvgIpc) is 2.45. The number of hydrogen-bond donors (Lipinski definition) is 1. The Kier molecular flexibility index (Phi) is 5.52. The minimum Gasteiger partial charge on any atom is -0.497 e. The van der Waals surface area contributed by atoms with Crippen molar-refractivity contribution in [3.8, 4) is 5.75 Å². The molecule has 2 nitrogen and oxygen atoms in total. The molecule has 0 radical (unpaired) electrons. The molecular formula is C15H22FNOS. The van der Waals surface area contributed by atoms with Crippen molar-refractivity contribution in [2.45, 2.75) is 25.8 Å². The van der Waals surface area contributed by atoms with E-state index in [9.17, 15) is 4.39 Å². The number of halogens is 1. The number of rotatable bonds is 5. The van der Waals surface area contributed by atoms with Crippen LogP contribution in [0, 0.1) is 11.7 Å². The summed E-state index contributed by atoms with van der Waals surface area (Å²) in [5.74, 6) is 3.64. The zero-order valence-electron chi connectivity index (χ0n) is 11.6. The molecule has 0 spiro atoms. The summed E-state index contributed by atoms with van der Waals surface area (Å²) in [6, 6.07) is 5.11. The molecule has 19 heavy (non-hydrogen) atoms. The van der Waals surface area contributed by atoms with Crippen LogP contribution in [0.15, 0.2) is 18.2 Å². The van der Waals surface area contributed by atoms with Crippen molar-refractivity contribution in [2.75, 3.05) is 25.2 Å². The SMILES string of the molecule is COc1ccc(C(C)NCC2CCSCC2)c(F)c1. The molecule has 106 valence electrons. The van der Waals surface area contributed by atoms with E-state index < -0.39 is 0 Å². The molecule has 1 saturated heterocycles. The van der Waals surface area contributed by atoms with Crippen LogP contribution in [-0.4, -0.2) is 25.2 Å². The molecule has 1 aromatic rings. The van der Waals surface area contributed by atoms with Crippen LogP contribution in [0.3, 0.4) is 0 Å². The summed E-state index contributed by atoms with van der Waals surface area (Å²) in [6.45, 7) is 3.00. The van der Waals surface area contributed by atoms with E-state index in [1.807, 2.05) is 30.8 Å². The van der Waals surface area contributed by atoms with Gasteiger partial charge in [-0.05, 0) is 49.8 Å². The standard InChI is InChI=1S/C15H22FNOS/c1-11(17-10-12-5-7-19-8-6-12)14-4-3-13(18-2)9-15(14)16/h3-4,9,11-12,17H,5-8,10H2,1-2H3. The van der Waals surface area contributed by atoms with Crippen LogP contribution in [0.4, 0.5) is 4.39 Å². The maximum absolute atomic E-state index is 13.9. The van der Waals surface area contributed by atoms with Gasteiger partial charge >= 0.3 is 0 Å². The Morgan fingerprint density at radius 2 is 2.16 bits per heavy atom. The van der Waals surface area contributed by atoms with E-state index in [4.69, 9.17) is 4.74 Å². The number of thioether (sulfide) groups is 1. The van der Waals surface area contributed by atoms with Crippen LogP contribution in [0.2, 0.25) is 0 Å². The molecule has 0 amide bonds. The zero-order chi connectivity index (χ0) is 13.7. The van der Waals surface area contributed by atoms with Crippen LogP contribution >= 0.6 is 11.8 Å². The van der Waals surface area contributed by atoms with Crippen molar-refractivity contribution in [3.05, 3.63) is 29.6 Å². The second-order valence-electron chi connectivity index (χ2n) is 5.07. The molecule has 1 unspecified atom stereocenters. The third kappa shape index (κ3) is 4.11. The Balaban J connectivity index is 1.89. The van der Waals surface area contributed by atoms with E-state index in [1.165, 1.54) is 30.4 Å². The summed E-state index contributed by atoms with van der Waals surface area (Å²) in [4.78, 5) is 0.